The number of aryl methyl sites for hydroxylation is 1. The molecule has 0 aromatic heterocycles. The van der Waals surface area contributed by atoms with E-state index in [1.165, 1.54) is 13.0 Å². The van der Waals surface area contributed by atoms with Crippen molar-refractivity contribution in [3.05, 3.63) is 52.5 Å². The van der Waals surface area contributed by atoms with Crippen molar-refractivity contribution >= 4 is 44.8 Å². The molecule has 0 aliphatic carbocycles. The summed E-state index contributed by atoms with van der Waals surface area (Å²) in [5, 5.41) is 0.686. The summed E-state index contributed by atoms with van der Waals surface area (Å²) in [5.41, 5.74) is 3.81. The molecule has 1 fully saturated rings. The zero-order valence-corrected chi connectivity index (χ0v) is 21.0. The van der Waals surface area contributed by atoms with E-state index in [0.717, 1.165) is 22.5 Å². The number of piperazine rings is 1. The Hall–Kier alpha value is -2.62. The van der Waals surface area contributed by atoms with Crippen molar-refractivity contribution < 1.29 is 18.0 Å². The average molecular weight is 505 g/mol. The molecule has 2 aromatic carbocycles. The van der Waals surface area contributed by atoms with Crippen LogP contribution < -0.4 is 14.5 Å². The minimum absolute atomic E-state index is 0.0332. The van der Waals surface area contributed by atoms with Crippen LogP contribution in [0.5, 0.6) is 0 Å². The molecule has 2 aliphatic heterocycles. The molecule has 0 bridgehead atoms. The van der Waals surface area contributed by atoms with Crippen molar-refractivity contribution in [3.63, 3.8) is 0 Å². The molecule has 2 aliphatic rings. The van der Waals surface area contributed by atoms with Gasteiger partial charge in [0.15, 0.2) is 0 Å². The molecule has 4 rings (SSSR count). The SMILES string of the molecule is CC(=O)N1CCc2cc(S(=O)(=O)NCCC(=O)N3CCN(c4cc(Cl)ccc4C)CC3)ccc21. The number of hydrogen-bond donors (Lipinski definition) is 1. The Morgan fingerprint density at radius 2 is 1.74 bits per heavy atom. The lowest BCUT2D eigenvalue weighted by Gasteiger charge is -2.37. The largest absolute Gasteiger partial charge is 0.368 e. The molecule has 0 spiro atoms. The first-order valence-corrected chi connectivity index (χ1v) is 13.2. The maximum absolute atomic E-state index is 12.7. The zero-order valence-electron chi connectivity index (χ0n) is 19.4. The predicted octanol–water partition coefficient (Wildman–Crippen LogP) is 2.57. The minimum Gasteiger partial charge on any atom is -0.368 e. The quantitative estimate of drug-likeness (QED) is 0.653. The fraction of sp³-hybridized carbons (Fsp3) is 0.417. The second kappa shape index (κ2) is 9.93. The molecule has 0 atom stereocenters. The number of nitrogens with one attached hydrogen (secondary N) is 1. The maximum atomic E-state index is 12.7. The van der Waals surface area contributed by atoms with Crippen LogP contribution >= 0.6 is 11.6 Å². The van der Waals surface area contributed by atoms with Crippen LogP contribution in [0.4, 0.5) is 11.4 Å². The Labute approximate surface area is 205 Å². The highest BCUT2D eigenvalue weighted by atomic mass is 35.5. The summed E-state index contributed by atoms with van der Waals surface area (Å²) in [6.45, 7) is 6.68. The Bertz CT molecular complexity index is 1210. The molecule has 2 amide bonds. The third-order valence-electron chi connectivity index (χ3n) is 6.41. The summed E-state index contributed by atoms with van der Waals surface area (Å²) in [7, 11) is -3.74. The molecule has 2 heterocycles. The van der Waals surface area contributed by atoms with Crippen LogP contribution in [0, 0.1) is 6.92 Å². The summed E-state index contributed by atoms with van der Waals surface area (Å²) in [4.78, 5) is 30.1. The summed E-state index contributed by atoms with van der Waals surface area (Å²) in [6.07, 6.45) is 0.718. The molecule has 2 aromatic rings. The van der Waals surface area contributed by atoms with Crippen molar-refractivity contribution in [2.45, 2.75) is 31.6 Å². The number of carbonyl (C=O) groups is 2. The highest BCUT2D eigenvalue weighted by Crippen LogP contribution is 2.30. The molecule has 10 heteroatoms. The topological polar surface area (TPSA) is 90.0 Å². The first kappa shape index (κ1) is 24.5. The van der Waals surface area contributed by atoms with E-state index in [2.05, 4.69) is 9.62 Å². The van der Waals surface area contributed by atoms with Crippen molar-refractivity contribution in [1.82, 2.24) is 9.62 Å². The standard InChI is InChI=1S/C24H29ClN4O4S/c1-17-3-4-20(25)16-23(17)27-11-13-28(14-12-27)24(31)7-9-26-34(32,33)21-5-6-22-19(15-21)8-10-29(22)18(2)30/h3-6,15-16,26H,7-14H2,1-2H3. The van der Waals surface area contributed by atoms with Crippen molar-refractivity contribution in [1.29, 1.82) is 0 Å². The summed E-state index contributed by atoms with van der Waals surface area (Å²) >= 11 is 6.14. The Kier molecular flexibility index (Phi) is 7.16. The summed E-state index contributed by atoms with van der Waals surface area (Å²) < 4.78 is 28.0. The number of fused-ring (bicyclic) bond motifs is 1. The number of rotatable bonds is 6. The van der Waals surface area contributed by atoms with Gasteiger partial charge < -0.3 is 14.7 Å². The number of sulfonamides is 1. The van der Waals surface area contributed by atoms with Gasteiger partial charge in [-0.2, -0.15) is 0 Å². The van der Waals surface area contributed by atoms with Crippen LogP contribution in [0.15, 0.2) is 41.3 Å². The average Bonchev–Trinajstić information content (AvgIpc) is 3.24. The minimum atomic E-state index is -3.74. The number of halogens is 1. The van der Waals surface area contributed by atoms with E-state index in [-0.39, 0.29) is 29.7 Å². The van der Waals surface area contributed by atoms with Gasteiger partial charge in [-0.25, -0.2) is 13.1 Å². The lowest BCUT2D eigenvalue weighted by molar-refractivity contribution is -0.131. The van der Waals surface area contributed by atoms with Gasteiger partial charge in [-0.05, 0) is 54.8 Å². The number of carbonyl (C=O) groups excluding carboxylic acids is 2. The van der Waals surface area contributed by atoms with Crippen LogP contribution in [0.3, 0.4) is 0 Å². The molecule has 0 saturated carbocycles. The lowest BCUT2D eigenvalue weighted by atomic mass is 10.1. The van der Waals surface area contributed by atoms with Crippen LogP contribution in [0.25, 0.3) is 0 Å². The number of amides is 2. The lowest BCUT2D eigenvalue weighted by Crippen LogP contribution is -2.49. The van der Waals surface area contributed by atoms with Gasteiger partial charge in [-0.3, -0.25) is 9.59 Å². The Balaban J connectivity index is 1.29. The van der Waals surface area contributed by atoms with E-state index in [9.17, 15) is 18.0 Å². The Morgan fingerprint density at radius 3 is 2.44 bits per heavy atom. The maximum Gasteiger partial charge on any atom is 0.240 e. The molecule has 0 radical (unpaired) electrons. The van der Waals surface area contributed by atoms with Gasteiger partial charge in [0.2, 0.25) is 21.8 Å². The van der Waals surface area contributed by atoms with Crippen LogP contribution in [0.1, 0.15) is 24.5 Å². The molecular formula is C24H29ClN4O4S. The van der Waals surface area contributed by atoms with Gasteiger partial charge in [0.05, 0.1) is 4.90 Å². The monoisotopic (exact) mass is 504 g/mol. The third-order valence-corrected chi connectivity index (χ3v) is 8.11. The second-order valence-corrected chi connectivity index (χ2v) is 10.9. The molecule has 1 saturated heterocycles. The van der Waals surface area contributed by atoms with E-state index in [0.29, 0.717) is 44.2 Å². The van der Waals surface area contributed by atoms with E-state index in [1.807, 2.05) is 25.1 Å². The van der Waals surface area contributed by atoms with Gasteiger partial charge >= 0.3 is 0 Å². The number of nitrogens with zero attached hydrogens (tertiary/aromatic N) is 3. The molecular weight excluding hydrogens is 476 g/mol. The van der Waals surface area contributed by atoms with Crippen LogP contribution in [0.2, 0.25) is 5.02 Å². The van der Waals surface area contributed by atoms with Gasteiger partial charge in [0.1, 0.15) is 0 Å². The zero-order chi connectivity index (χ0) is 24.5. The number of benzene rings is 2. The highest BCUT2D eigenvalue weighted by Gasteiger charge is 2.26. The molecule has 1 N–H and O–H groups in total. The van der Waals surface area contributed by atoms with Gasteiger partial charge in [-0.15, -0.1) is 0 Å². The van der Waals surface area contributed by atoms with Crippen molar-refractivity contribution in [3.8, 4) is 0 Å². The fourth-order valence-electron chi connectivity index (χ4n) is 4.53. The summed E-state index contributed by atoms with van der Waals surface area (Å²) in [6, 6.07) is 10.6. The molecule has 8 nitrogen and oxygen atoms in total. The third kappa shape index (κ3) is 5.21. The van der Waals surface area contributed by atoms with Gasteiger partial charge in [-0.1, -0.05) is 17.7 Å². The van der Waals surface area contributed by atoms with Gasteiger partial charge in [0, 0.05) is 69.0 Å². The number of hydrogen-bond acceptors (Lipinski definition) is 5. The van der Waals surface area contributed by atoms with E-state index < -0.39 is 10.0 Å². The van der Waals surface area contributed by atoms with E-state index >= 15 is 0 Å². The summed E-state index contributed by atoms with van der Waals surface area (Å²) in [5.74, 6) is -0.134. The first-order chi connectivity index (χ1) is 16.2. The second-order valence-electron chi connectivity index (χ2n) is 8.66. The molecule has 34 heavy (non-hydrogen) atoms. The van der Waals surface area contributed by atoms with E-state index in [4.69, 9.17) is 11.6 Å². The van der Waals surface area contributed by atoms with Crippen molar-refractivity contribution in [2.24, 2.45) is 0 Å². The molecule has 182 valence electrons. The smallest absolute Gasteiger partial charge is 0.240 e. The van der Waals surface area contributed by atoms with Gasteiger partial charge in [0.25, 0.3) is 0 Å². The number of anilines is 2. The van der Waals surface area contributed by atoms with Crippen molar-refractivity contribution in [2.75, 3.05) is 49.1 Å². The van der Waals surface area contributed by atoms with Crippen LogP contribution in [-0.4, -0.2) is 64.4 Å². The Morgan fingerprint density at radius 1 is 1.00 bits per heavy atom. The normalized spacial score (nSPS) is 16.0. The molecule has 0 unspecified atom stereocenters. The fourth-order valence-corrected chi connectivity index (χ4v) is 5.77. The van der Waals surface area contributed by atoms with Crippen LogP contribution in [-0.2, 0) is 26.0 Å². The highest BCUT2D eigenvalue weighted by molar-refractivity contribution is 7.89. The van der Waals surface area contributed by atoms with E-state index in [1.54, 1.807) is 21.9 Å². The first-order valence-electron chi connectivity index (χ1n) is 11.4. The predicted molar refractivity (Wildman–Crippen MR) is 133 cm³/mol.